The number of hydrogen-bond acceptors (Lipinski definition) is 5. The van der Waals surface area contributed by atoms with E-state index in [1.807, 2.05) is 32.9 Å². The Labute approximate surface area is 181 Å². The maximum Gasteiger partial charge on any atom is 0.407 e. The van der Waals surface area contributed by atoms with Gasteiger partial charge in [-0.1, -0.05) is 46.8 Å². The molecule has 6 nitrogen and oxygen atoms in total. The van der Waals surface area contributed by atoms with Crippen molar-refractivity contribution in [3.8, 4) is 0 Å². The van der Waals surface area contributed by atoms with Crippen LogP contribution in [0.3, 0.4) is 0 Å². The molecule has 0 spiro atoms. The van der Waals surface area contributed by atoms with Crippen molar-refractivity contribution >= 4 is 6.09 Å². The normalized spacial score (nSPS) is 17.8. The molecule has 1 aliphatic heterocycles. The number of carbonyl (C=O) groups excluding carboxylic acids is 1. The number of ether oxygens (including phenoxy) is 3. The SMILES string of the molecule is CC(C)C[C@@H](NC(=O)OC(C)(C)C)[C@H](O)c1ccc(C(C)(C)C)cc1C1OCCO1. The summed E-state index contributed by atoms with van der Waals surface area (Å²) in [5.74, 6) is 0.274. The van der Waals surface area contributed by atoms with Crippen LogP contribution in [0.1, 0.15) is 90.9 Å². The topological polar surface area (TPSA) is 77.0 Å². The zero-order valence-electron chi connectivity index (χ0n) is 19.7. The molecule has 30 heavy (non-hydrogen) atoms. The quantitative estimate of drug-likeness (QED) is 0.676. The Hall–Kier alpha value is -1.63. The Morgan fingerprint density at radius 2 is 1.77 bits per heavy atom. The van der Waals surface area contributed by atoms with Gasteiger partial charge in [-0.15, -0.1) is 0 Å². The van der Waals surface area contributed by atoms with Gasteiger partial charge >= 0.3 is 6.09 Å². The molecular formula is C24H39NO5. The molecule has 1 aromatic rings. The van der Waals surface area contributed by atoms with Crippen molar-refractivity contribution in [2.24, 2.45) is 5.92 Å². The number of aliphatic hydroxyl groups is 1. The van der Waals surface area contributed by atoms with Gasteiger partial charge in [0.2, 0.25) is 0 Å². The van der Waals surface area contributed by atoms with E-state index in [2.05, 4.69) is 46.0 Å². The monoisotopic (exact) mass is 421 g/mol. The summed E-state index contributed by atoms with van der Waals surface area (Å²) in [5.41, 5.74) is 1.99. The molecule has 0 aromatic heterocycles. The van der Waals surface area contributed by atoms with Crippen molar-refractivity contribution in [2.75, 3.05) is 13.2 Å². The van der Waals surface area contributed by atoms with Crippen LogP contribution in [0.5, 0.6) is 0 Å². The minimum Gasteiger partial charge on any atom is -0.444 e. The molecule has 170 valence electrons. The minimum absolute atomic E-state index is 0.0526. The minimum atomic E-state index is -0.920. The number of benzene rings is 1. The molecule has 0 aliphatic carbocycles. The fraction of sp³-hybridized carbons (Fsp3) is 0.708. The highest BCUT2D eigenvalue weighted by atomic mass is 16.7. The summed E-state index contributed by atoms with van der Waals surface area (Å²) >= 11 is 0. The lowest BCUT2D eigenvalue weighted by Crippen LogP contribution is -2.43. The van der Waals surface area contributed by atoms with Gasteiger partial charge < -0.3 is 24.6 Å². The average Bonchev–Trinajstić information content (AvgIpc) is 3.11. The molecule has 1 aromatic carbocycles. The van der Waals surface area contributed by atoms with E-state index >= 15 is 0 Å². The van der Waals surface area contributed by atoms with Crippen LogP contribution in [0.4, 0.5) is 4.79 Å². The van der Waals surface area contributed by atoms with Crippen molar-refractivity contribution in [3.05, 3.63) is 34.9 Å². The Bertz CT molecular complexity index is 711. The zero-order valence-corrected chi connectivity index (χ0v) is 19.7. The Balaban J connectivity index is 2.37. The summed E-state index contributed by atoms with van der Waals surface area (Å²) in [6, 6.07) is 5.50. The Morgan fingerprint density at radius 1 is 1.17 bits per heavy atom. The van der Waals surface area contributed by atoms with E-state index < -0.39 is 30.1 Å². The lowest BCUT2D eigenvalue weighted by Gasteiger charge is -2.30. The van der Waals surface area contributed by atoms with Crippen molar-refractivity contribution in [2.45, 2.75) is 91.3 Å². The molecule has 0 unspecified atom stereocenters. The second-order valence-corrected chi connectivity index (χ2v) is 10.5. The number of rotatable bonds is 6. The van der Waals surface area contributed by atoms with Gasteiger partial charge in [-0.05, 0) is 55.7 Å². The Morgan fingerprint density at radius 3 is 2.27 bits per heavy atom. The largest absolute Gasteiger partial charge is 0.444 e. The lowest BCUT2D eigenvalue weighted by atomic mass is 9.83. The van der Waals surface area contributed by atoms with Crippen molar-refractivity contribution < 1.29 is 24.1 Å². The molecule has 2 N–H and O–H groups in total. The highest BCUT2D eigenvalue weighted by Gasteiger charge is 2.32. The van der Waals surface area contributed by atoms with Crippen LogP contribution in [0.25, 0.3) is 0 Å². The van der Waals surface area contributed by atoms with Crippen LogP contribution >= 0.6 is 0 Å². The van der Waals surface area contributed by atoms with Gasteiger partial charge in [0.1, 0.15) is 5.60 Å². The van der Waals surface area contributed by atoms with Crippen LogP contribution in [0.2, 0.25) is 0 Å². The number of alkyl carbamates (subject to hydrolysis) is 1. The van der Waals surface area contributed by atoms with Gasteiger partial charge in [0.15, 0.2) is 6.29 Å². The van der Waals surface area contributed by atoms with E-state index in [1.54, 1.807) is 0 Å². The van der Waals surface area contributed by atoms with Crippen molar-refractivity contribution in [1.82, 2.24) is 5.32 Å². The second-order valence-electron chi connectivity index (χ2n) is 10.5. The summed E-state index contributed by atoms with van der Waals surface area (Å²) in [7, 11) is 0. The fourth-order valence-corrected chi connectivity index (χ4v) is 3.50. The van der Waals surface area contributed by atoms with E-state index in [4.69, 9.17) is 14.2 Å². The van der Waals surface area contributed by atoms with E-state index in [-0.39, 0.29) is 11.3 Å². The fourth-order valence-electron chi connectivity index (χ4n) is 3.50. The molecule has 2 rings (SSSR count). The van der Waals surface area contributed by atoms with Crippen molar-refractivity contribution in [3.63, 3.8) is 0 Å². The number of nitrogens with one attached hydrogen (secondary N) is 1. The molecule has 0 radical (unpaired) electrons. The van der Waals surface area contributed by atoms with Crippen LogP contribution in [0, 0.1) is 5.92 Å². The third-order valence-corrected chi connectivity index (χ3v) is 4.96. The molecule has 1 heterocycles. The third-order valence-electron chi connectivity index (χ3n) is 4.96. The third kappa shape index (κ3) is 6.96. The predicted molar refractivity (Wildman–Crippen MR) is 117 cm³/mol. The average molecular weight is 422 g/mol. The summed E-state index contributed by atoms with van der Waals surface area (Å²) in [4.78, 5) is 12.4. The first-order valence-corrected chi connectivity index (χ1v) is 10.8. The van der Waals surface area contributed by atoms with Gasteiger partial charge in [-0.3, -0.25) is 0 Å². The first kappa shape index (κ1) is 24.6. The molecule has 1 fully saturated rings. The smallest absolute Gasteiger partial charge is 0.407 e. The summed E-state index contributed by atoms with van der Waals surface area (Å²) in [6.45, 7) is 17.0. The number of amides is 1. The summed E-state index contributed by atoms with van der Waals surface area (Å²) in [5, 5.41) is 14.2. The molecule has 1 saturated heterocycles. The highest BCUT2D eigenvalue weighted by molar-refractivity contribution is 5.68. The summed E-state index contributed by atoms with van der Waals surface area (Å²) in [6.07, 6.45) is -1.36. The second kappa shape index (κ2) is 9.67. The van der Waals surface area contributed by atoms with Gasteiger partial charge in [-0.25, -0.2) is 4.79 Å². The first-order chi connectivity index (χ1) is 13.8. The molecule has 1 amide bonds. The Kier molecular flexibility index (Phi) is 7.94. The van der Waals surface area contributed by atoms with E-state index in [9.17, 15) is 9.90 Å². The highest BCUT2D eigenvalue weighted by Crippen LogP contribution is 2.36. The van der Waals surface area contributed by atoms with Gasteiger partial charge in [0, 0.05) is 5.56 Å². The zero-order chi connectivity index (χ0) is 22.7. The first-order valence-electron chi connectivity index (χ1n) is 10.8. The van der Waals surface area contributed by atoms with E-state index in [0.717, 1.165) is 11.1 Å². The molecule has 6 heteroatoms. The predicted octanol–water partition coefficient (Wildman–Crippen LogP) is 5.00. The van der Waals surface area contributed by atoms with Gasteiger partial charge in [0.25, 0.3) is 0 Å². The molecule has 1 aliphatic rings. The van der Waals surface area contributed by atoms with Crippen LogP contribution in [-0.2, 0) is 19.6 Å². The molecule has 0 saturated carbocycles. The number of carbonyl (C=O) groups is 1. The van der Waals surface area contributed by atoms with E-state index in [0.29, 0.717) is 25.2 Å². The van der Waals surface area contributed by atoms with E-state index in [1.165, 1.54) is 0 Å². The van der Waals surface area contributed by atoms with Crippen LogP contribution in [0.15, 0.2) is 18.2 Å². The number of hydrogen-bond donors (Lipinski definition) is 2. The standard InChI is InChI=1S/C24H39NO5/c1-15(2)13-19(25-22(27)30-24(6,7)8)20(26)17-10-9-16(23(3,4)5)14-18(17)21-28-11-12-29-21/h9-10,14-15,19-21,26H,11-13H2,1-8H3,(H,25,27)/t19-,20-/m1/s1. The van der Waals surface area contributed by atoms with Gasteiger partial charge in [0.05, 0.1) is 25.4 Å². The van der Waals surface area contributed by atoms with Crippen molar-refractivity contribution in [1.29, 1.82) is 0 Å². The van der Waals surface area contributed by atoms with Crippen LogP contribution in [-0.4, -0.2) is 36.1 Å². The maximum atomic E-state index is 12.4. The number of aliphatic hydroxyl groups excluding tert-OH is 1. The molecular weight excluding hydrogens is 382 g/mol. The summed E-state index contributed by atoms with van der Waals surface area (Å²) < 4.78 is 16.9. The lowest BCUT2D eigenvalue weighted by molar-refractivity contribution is -0.0466. The van der Waals surface area contributed by atoms with Crippen LogP contribution < -0.4 is 5.32 Å². The van der Waals surface area contributed by atoms with Gasteiger partial charge in [-0.2, -0.15) is 0 Å². The molecule has 0 bridgehead atoms. The molecule has 2 atom stereocenters. The maximum absolute atomic E-state index is 12.4.